The smallest absolute Gasteiger partial charge is 0.278 e. The number of amides is 1. The highest BCUT2D eigenvalue weighted by Gasteiger charge is 2.31. The molecule has 0 heterocycles. The summed E-state index contributed by atoms with van der Waals surface area (Å²) in [4.78, 5) is 13.3. The lowest BCUT2D eigenvalue weighted by Crippen LogP contribution is -2.40. The normalized spacial score (nSPS) is 11.3. The summed E-state index contributed by atoms with van der Waals surface area (Å²) < 4.78 is 33.5. The molecule has 0 atom stereocenters. The highest BCUT2D eigenvalue weighted by atomic mass is 35.5. The first kappa shape index (κ1) is 24.8. The number of halogens is 1. The van der Waals surface area contributed by atoms with Crippen molar-refractivity contribution in [2.24, 2.45) is 0 Å². The fourth-order valence-electron chi connectivity index (χ4n) is 3.38. The second-order valence-corrected chi connectivity index (χ2v) is 10.2. The Balaban J connectivity index is 1.93. The van der Waals surface area contributed by atoms with Crippen LogP contribution in [0.5, 0.6) is 5.75 Å². The number of anilines is 1. The Morgan fingerprint density at radius 3 is 2.24 bits per heavy atom. The Kier molecular flexibility index (Phi) is 8.16. The van der Waals surface area contributed by atoms with Gasteiger partial charge in [0.05, 0.1) is 10.6 Å². The standard InChI is InChI=1S/C26H28ClNO4S/c1-4-5-6-21-9-12-23(13-10-21)28(33(30,31)24-14-7-19(2)8-15-24)26(29)18-32-25-16-11-22(27)17-20(25)3/h7-17H,4-6,18H2,1-3H3. The van der Waals surface area contributed by atoms with Gasteiger partial charge in [-0.05, 0) is 80.3 Å². The molecule has 0 aliphatic rings. The van der Waals surface area contributed by atoms with Crippen LogP contribution in [0.2, 0.25) is 5.02 Å². The van der Waals surface area contributed by atoms with E-state index in [2.05, 4.69) is 6.92 Å². The lowest BCUT2D eigenvalue weighted by molar-refractivity contribution is -0.119. The number of hydrogen-bond acceptors (Lipinski definition) is 4. The fourth-order valence-corrected chi connectivity index (χ4v) is 5.02. The average molecular weight is 486 g/mol. The predicted octanol–water partition coefficient (Wildman–Crippen LogP) is 6.10. The van der Waals surface area contributed by atoms with Gasteiger partial charge in [0.1, 0.15) is 5.75 Å². The van der Waals surface area contributed by atoms with Gasteiger partial charge in [0.2, 0.25) is 0 Å². The average Bonchev–Trinajstić information content (AvgIpc) is 2.78. The minimum absolute atomic E-state index is 0.0409. The lowest BCUT2D eigenvalue weighted by atomic mass is 10.1. The Hall–Kier alpha value is -2.83. The fraction of sp³-hybridized carbons (Fsp3) is 0.269. The van der Waals surface area contributed by atoms with Crippen LogP contribution in [0.1, 0.15) is 36.5 Å². The third kappa shape index (κ3) is 6.15. The van der Waals surface area contributed by atoms with E-state index in [0.29, 0.717) is 10.8 Å². The lowest BCUT2D eigenvalue weighted by Gasteiger charge is -2.23. The molecule has 0 aliphatic carbocycles. The summed E-state index contributed by atoms with van der Waals surface area (Å²) in [6.45, 7) is 5.36. The van der Waals surface area contributed by atoms with Crippen LogP contribution in [0.3, 0.4) is 0 Å². The molecule has 3 rings (SSSR count). The maximum absolute atomic E-state index is 13.5. The number of aryl methyl sites for hydroxylation is 3. The van der Waals surface area contributed by atoms with E-state index in [1.54, 1.807) is 42.5 Å². The molecular weight excluding hydrogens is 458 g/mol. The van der Waals surface area contributed by atoms with Gasteiger partial charge in [-0.15, -0.1) is 0 Å². The highest BCUT2D eigenvalue weighted by Crippen LogP contribution is 2.26. The molecule has 3 aromatic rings. The van der Waals surface area contributed by atoms with Crippen molar-refractivity contribution in [3.8, 4) is 5.75 Å². The summed E-state index contributed by atoms with van der Waals surface area (Å²) in [6, 6.07) is 18.5. The molecule has 0 N–H and O–H groups in total. The summed E-state index contributed by atoms with van der Waals surface area (Å²) in [5.41, 5.74) is 3.04. The van der Waals surface area contributed by atoms with Crippen LogP contribution in [0.15, 0.2) is 71.6 Å². The Labute approximate surface area is 201 Å². The number of nitrogens with zero attached hydrogens (tertiary/aromatic N) is 1. The van der Waals surface area contributed by atoms with Crippen molar-refractivity contribution in [2.75, 3.05) is 10.9 Å². The number of sulfonamides is 1. The molecule has 0 radical (unpaired) electrons. The molecule has 3 aromatic carbocycles. The molecule has 174 valence electrons. The van der Waals surface area contributed by atoms with E-state index >= 15 is 0 Å². The van der Waals surface area contributed by atoms with Crippen molar-refractivity contribution in [3.05, 3.63) is 88.4 Å². The molecule has 7 heteroatoms. The zero-order chi connectivity index (χ0) is 24.0. The zero-order valence-corrected chi connectivity index (χ0v) is 20.6. The first-order valence-corrected chi connectivity index (χ1v) is 12.7. The molecule has 5 nitrogen and oxygen atoms in total. The van der Waals surface area contributed by atoms with E-state index < -0.39 is 22.5 Å². The third-order valence-corrected chi connectivity index (χ3v) is 7.26. The minimum Gasteiger partial charge on any atom is -0.483 e. The first-order valence-electron chi connectivity index (χ1n) is 10.8. The number of carbonyl (C=O) groups excluding carboxylic acids is 1. The second-order valence-electron chi connectivity index (χ2n) is 7.94. The highest BCUT2D eigenvalue weighted by molar-refractivity contribution is 7.93. The molecule has 0 fully saturated rings. The van der Waals surface area contributed by atoms with Crippen molar-refractivity contribution in [3.63, 3.8) is 0 Å². The van der Waals surface area contributed by atoms with E-state index in [1.807, 2.05) is 26.0 Å². The van der Waals surface area contributed by atoms with Crippen molar-refractivity contribution in [1.82, 2.24) is 0 Å². The van der Waals surface area contributed by atoms with Crippen LogP contribution in [0.25, 0.3) is 0 Å². The van der Waals surface area contributed by atoms with Gasteiger partial charge in [0.15, 0.2) is 6.61 Å². The van der Waals surface area contributed by atoms with Gasteiger partial charge in [0.25, 0.3) is 15.9 Å². The van der Waals surface area contributed by atoms with Gasteiger partial charge in [0, 0.05) is 5.02 Å². The molecule has 0 bridgehead atoms. The molecule has 0 saturated carbocycles. The maximum atomic E-state index is 13.5. The zero-order valence-electron chi connectivity index (χ0n) is 19.0. The van der Waals surface area contributed by atoms with E-state index in [4.69, 9.17) is 16.3 Å². The summed E-state index contributed by atoms with van der Waals surface area (Å²) in [6.07, 6.45) is 3.00. The largest absolute Gasteiger partial charge is 0.483 e. The van der Waals surface area contributed by atoms with Gasteiger partial charge < -0.3 is 4.74 Å². The molecule has 0 saturated heterocycles. The van der Waals surface area contributed by atoms with Gasteiger partial charge in [-0.1, -0.05) is 54.8 Å². The molecule has 1 amide bonds. The van der Waals surface area contributed by atoms with E-state index in [1.165, 1.54) is 12.1 Å². The van der Waals surface area contributed by atoms with Crippen LogP contribution < -0.4 is 9.04 Å². The van der Waals surface area contributed by atoms with Crippen LogP contribution in [-0.2, 0) is 21.2 Å². The number of hydrogen-bond donors (Lipinski definition) is 0. The third-order valence-electron chi connectivity index (χ3n) is 5.26. The number of unbranched alkanes of at least 4 members (excludes halogenated alkanes) is 1. The second kappa shape index (κ2) is 10.9. The summed E-state index contributed by atoms with van der Waals surface area (Å²) >= 11 is 5.98. The Bertz CT molecular complexity index is 1210. The van der Waals surface area contributed by atoms with Crippen molar-refractivity contribution in [2.45, 2.75) is 44.9 Å². The molecule has 0 aromatic heterocycles. The van der Waals surface area contributed by atoms with Crippen molar-refractivity contribution in [1.29, 1.82) is 0 Å². The summed E-state index contributed by atoms with van der Waals surface area (Å²) in [5, 5.41) is 0.554. The van der Waals surface area contributed by atoms with E-state index in [-0.39, 0.29) is 10.6 Å². The van der Waals surface area contributed by atoms with E-state index in [9.17, 15) is 13.2 Å². The molecular formula is C26H28ClNO4S. The van der Waals surface area contributed by atoms with Gasteiger partial charge in [-0.2, -0.15) is 4.31 Å². The number of ether oxygens (including phenoxy) is 1. The van der Waals surface area contributed by atoms with E-state index in [0.717, 1.165) is 40.3 Å². The molecule has 0 spiro atoms. The van der Waals surface area contributed by atoms with Crippen molar-refractivity contribution < 1.29 is 17.9 Å². The van der Waals surface area contributed by atoms with Crippen molar-refractivity contribution >= 4 is 33.2 Å². The van der Waals surface area contributed by atoms with Crippen LogP contribution in [0, 0.1) is 13.8 Å². The SMILES string of the molecule is CCCCc1ccc(N(C(=O)COc2ccc(Cl)cc2C)S(=O)(=O)c2ccc(C)cc2)cc1. The number of carbonyl (C=O) groups is 1. The molecule has 0 aliphatic heterocycles. The minimum atomic E-state index is -4.14. The summed E-state index contributed by atoms with van der Waals surface area (Å²) in [7, 11) is -4.14. The number of rotatable bonds is 9. The van der Waals surface area contributed by atoms with Crippen LogP contribution >= 0.6 is 11.6 Å². The molecule has 0 unspecified atom stereocenters. The van der Waals surface area contributed by atoms with Gasteiger partial charge in [-0.25, -0.2) is 8.42 Å². The first-order chi connectivity index (χ1) is 15.7. The quantitative estimate of drug-likeness (QED) is 0.367. The maximum Gasteiger partial charge on any atom is 0.278 e. The topological polar surface area (TPSA) is 63.7 Å². The number of benzene rings is 3. The Morgan fingerprint density at radius 1 is 0.970 bits per heavy atom. The van der Waals surface area contributed by atoms with Crippen LogP contribution in [0.4, 0.5) is 5.69 Å². The van der Waals surface area contributed by atoms with Crippen LogP contribution in [-0.4, -0.2) is 20.9 Å². The van der Waals surface area contributed by atoms with Gasteiger partial charge >= 0.3 is 0 Å². The monoisotopic (exact) mass is 485 g/mol. The Morgan fingerprint density at radius 2 is 1.64 bits per heavy atom. The summed E-state index contributed by atoms with van der Waals surface area (Å²) in [5.74, 6) is -0.221. The predicted molar refractivity (Wildman–Crippen MR) is 133 cm³/mol. The molecule has 33 heavy (non-hydrogen) atoms. The van der Waals surface area contributed by atoms with Gasteiger partial charge in [-0.3, -0.25) is 4.79 Å².